The maximum Gasteiger partial charge on any atom is -0.0224 e. The molecule has 14 rings (SSSR count). The van der Waals surface area contributed by atoms with Crippen LogP contribution in [0.1, 0.15) is 116 Å². The van der Waals surface area contributed by atoms with Gasteiger partial charge in [-0.3, -0.25) is 0 Å². The van der Waals surface area contributed by atoms with Crippen LogP contribution in [0.4, 0.5) is 0 Å². The van der Waals surface area contributed by atoms with E-state index in [1.165, 1.54) is 142 Å². The molecule has 0 bridgehead atoms. The zero-order valence-electron chi connectivity index (χ0n) is 57.7. The first-order valence-corrected chi connectivity index (χ1v) is 44.4. The van der Waals surface area contributed by atoms with Crippen molar-refractivity contribution in [2.24, 2.45) is 0 Å². The van der Waals surface area contributed by atoms with Crippen molar-refractivity contribution in [1.29, 1.82) is 0 Å². The summed E-state index contributed by atoms with van der Waals surface area (Å²) in [5.74, 6) is 0. The molecule has 0 radical (unpaired) electrons. The summed E-state index contributed by atoms with van der Waals surface area (Å²) in [6, 6.07) is 84.8. The summed E-state index contributed by atoms with van der Waals surface area (Å²) >= 11 is 3.48. The summed E-state index contributed by atoms with van der Waals surface area (Å²) in [6.45, 7) is 40.9. The Hall–Kier alpha value is -5.54. The van der Waals surface area contributed by atoms with E-state index in [9.17, 15) is 0 Å². The zero-order chi connectivity index (χ0) is 65.0. The fourth-order valence-electron chi connectivity index (χ4n) is 11.9. The van der Waals surface area contributed by atoms with Crippen molar-refractivity contribution in [2.75, 3.05) is 0 Å². The molecule has 468 valence electrons. The first-order valence-electron chi connectivity index (χ1n) is 32.0. The molecule has 14 aromatic rings. The number of halogens is 2. The second kappa shape index (κ2) is 30.9. The average molecular weight is 1440 g/mol. The van der Waals surface area contributed by atoms with Crippen LogP contribution in [-0.2, 0) is 68.3 Å². The number of hydrogen-bond acceptors (Lipinski definition) is 0. The number of benzene rings is 10. The van der Waals surface area contributed by atoms with Crippen LogP contribution < -0.4 is 24.8 Å². The summed E-state index contributed by atoms with van der Waals surface area (Å²) in [5.41, 5.74) is 14.8. The molecule has 0 heterocycles. The number of hydrogen-bond donors (Lipinski definition) is 0. The molecule has 0 saturated heterocycles. The van der Waals surface area contributed by atoms with E-state index in [2.05, 4.69) is 354 Å². The molecule has 0 aliphatic carbocycles. The van der Waals surface area contributed by atoms with Gasteiger partial charge in [0, 0.05) is 0 Å². The van der Waals surface area contributed by atoms with Crippen LogP contribution in [0.25, 0.3) is 108 Å². The molecule has 14 aromatic carbocycles. The molecule has 0 nitrogen and oxygen atoms in total. The second-order valence-corrected chi connectivity index (χ2v) is 47.9. The SMILES string of the molecule is CC(C)(C)c1ccc2c(c1)[cH-]c1cc(C(C)(C)C)ccc12.CC(C)(C)c1ccc2c(c1)[cH-]c1cc(C(C)(C)C)ccc12.C[Si](C)=[Zr+2].C[Si](C)=[Zr+2].Cc1ccc(-c2cc3ccccc3[cH-]2)c2ccccc12.Cc1ccc(-c2cc3ccccc3[cH-]2)c2ccccc12.[Cl-].[Cl-]. The van der Waals surface area contributed by atoms with Crippen LogP contribution in [-0.4, -0.2) is 10.9 Å². The Morgan fingerprint density at radius 2 is 0.522 bits per heavy atom. The Labute approximate surface area is 593 Å². The first-order chi connectivity index (χ1) is 42.4. The van der Waals surface area contributed by atoms with Crippen molar-refractivity contribution >= 4 is 97.0 Å². The molecule has 0 unspecified atom stereocenters. The third kappa shape index (κ3) is 18.1. The molecule has 0 spiro atoms. The van der Waals surface area contributed by atoms with Crippen LogP contribution >= 0.6 is 0 Å². The van der Waals surface area contributed by atoms with Crippen molar-refractivity contribution in [2.45, 2.75) is 145 Å². The molecule has 0 N–H and O–H groups in total. The van der Waals surface area contributed by atoms with Crippen molar-refractivity contribution < 1.29 is 71.5 Å². The van der Waals surface area contributed by atoms with Gasteiger partial charge in [-0.1, -0.05) is 274 Å². The minimum absolute atomic E-state index is 0. The van der Waals surface area contributed by atoms with Gasteiger partial charge in [0.25, 0.3) is 0 Å². The van der Waals surface area contributed by atoms with Gasteiger partial charge in [0.05, 0.1) is 0 Å². The molecule has 0 aliphatic rings. The van der Waals surface area contributed by atoms with Gasteiger partial charge < -0.3 is 24.8 Å². The van der Waals surface area contributed by atoms with Crippen molar-refractivity contribution in [3.63, 3.8) is 0 Å². The van der Waals surface area contributed by atoms with Gasteiger partial charge in [0.1, 0.15) is 0 Å². The molecule has 0 fully saturated rings. The molecule has 92 heavy (non-hydrogen) atoms. The third-order valence-electron chi connectivity index (χ3n) is 17.0. The predicted octanol–water partition coefficient (Wildman–Crippen LogP) is 19.6. The van der Waals surface area contributed by atoms with Crippen LogP contribution in [0.5, 0.6) is 0 Å². The summed E-state index contributed by atoms with van der Waals surface area (Å²) in [6.07, 6.45) is 0. The maximum absolute atomic E-state index is 2.35. The van der Waals surface area contributed by atoms with Crippen LogP contribution in [0.15, 0.2) is 231 Å². The van der Waals surface area contributed by atoms with Gasteiger partial charge in [0.2, 0.25) is 0 Å². The Morgan fingerprint density at radius 3 is 0.783 bits per heavy atom. The molecular formula is C86H92Cl2Si2Zr2-2. The van der Waals surface area contributed by atoms with Crippen LogP contribution in [0.3, 0.4) is 0 Å². The Bertz CT molecular complexity index is 4360. The molecular weight excluding hydrogens is 1340 g/mol. The Balaban J connectivity index is 0.000000166. The normalized spacial score (nSPS) is 11.5. The van der Waals surface area contributed by atoms with E-state index < -0.39 is 0 Å². The monoisotopic (exact) mass is 1430 g/mol. The Morgan fingerprint density at radius 1 is 0.272 bits per heavy atom. The van der Waals surface area contributed by atoms with Crippen molar-refractivity contribution in [3.8, 4) is 22.3 Å². The number of fused-ring (bicyclic) bond motifs is 10. The molecule has 0 saturated carbocycles. The molecule has 0 amide bonds. The van der Waals surface area contributed by atoms with E-state index in [0.717, 1.165) is 0 Å². The molecule has 0 aromatic heterocycles. The Kier molecular flexibility index (Phi) is 24.8. The van der Waals surface area contributed by atoms with Gasteiger partial charge in [0.15, 0.2) is 0 Å². The van der Waals surface area contributed by atoms with Gasteiger partial charge >= 0.3 is 83.7 Å². The van der Waals surface area contributed by atoms with E-state index in [-0.39, 0.29) is 57.3 Å². The molecule has 6 heteroatoms. The van der Waals surface area contributed by atoms with Gasteiger partial charge in [-0.25, -0.2) is 0 Å². The number of rotatable bonds is 2. The summed E-state index contributed by atoms with van der Waals surface area (Å²) < 4.78 is 0. The minimum Gasteiger partial charge on any atom is -1.00 e. The van der Waals surface area contributed by atoms with Gasteiger partial charge in [-0.2, -0.15) is 0 Å². The largest absolute Gasteiger partial charge is 1.00 e. The van der Waals surface area contributed by atoms with E-state index in [1.54, 1.807) is 46.7 Å². The third-order valence-corrected chi connectivity index (χ3v) is 17.0. The van der Waals surface area contributed by atoms with Crippen LogP contribution in [0.2, 0.25) is 26.2 Å². The fourth-order valence-corrected chi connectivity index (χ4v) is 11.9. The minimum atomic E-state index is 0. The second-order valence-electron chi connectivity index (χ2n) is 29.2. The van der Waals surface area contributed by atoms with E-state index in [1.807, 2.05) is 0 Å². The van der Waals surface area contributed by atoms with Gasteiger partial charge in [-0.05, 0) is 68.2 Å². The van der Waals surface area contributed by atoms with Crippen LogP contribution in [0, 0.1) is 13.8 Å². The van der Waals surface area contributed by atoms with Crippen molar-refractivity contribution in [1.82, 2.24) is 0 Å². The molecule has 0 aliphatic heterocycles. The van der Waals surface area contributed by atoms with Gasteiger partial charge in [-0.15, -0.1) is 149 Å². The van der Waals surface area contributed by atoms with E-state index >= 15 is 0 Å². The summed E-state index contributed by atoms with van der Waals surface area (Å²) in [5, 5.41) is 21.6. The van der Waals surface area contributed by atoms with E-state index in [4.69, 9.17) is 0 Å². The topological polar surface area (TPSA) is 0 Å². The number of aryl methyl sites for hydroxylation is 2. The molecule has 0 atom stereocenters. The maximum atomic E-state index is 2.35. The summed E-state index contributed by atoms with van der Waals surface area (Å²) in [7, 11) is 0. The average Bonchev–Trinajstić information content (AvgIpc) is 1.69. The quantitative estimate of drug-likeness (QED) is 0.120. The summed E-state index contributed by atoms with van der Waals surface area (Å²) in [4.78, 5) is 0. The fraction of sp³-hybridized carbons (Fsp3) is 0.256. The van der Waals surface area contributed by atoms with Crippen molar-refractivity contribution in [3.05, 3.63) is 264 Å². The smallest absolute Gasteiger partial charge is 0.0224 e. The predicted molar refractivity (Wildman–Crippen MR) is 398 cm³/mol. The first kappa shape index (κ1) is 73.9. The van der Waals surface area contributed by atoms with E-state index in [0.29, 0.717) is 0 Å². The zero-order valence-corrected chi connectivity index (χ0v) is 66.1. The standard InChI is InChI=1S/2C21H25.2C20H15.2C2H6Si.2ClH.2Zr/c2*1-20(2,3)16-7-9-18-14(12-16)11-15-13-17(21(4,5)6)8-10-19(15)18;2*1-14-10-11-19(20-9-5-4-8-18(14)20)17-12-15-6-2-3-7-16(15)13-17;2*1-3-2;;;;/h2*7-13H,1-6H3;2*2-13H,1H3;2*1-2H3;2*1H;;/q4*-1;;;;;2*+2/p-2.